The van der Waals surface area contributed by atoms with E-state index >= 15 is 0 Å². The Kier molecular flexibility index (Phi) is 5.29. The summed E-state index contributed by atoms with van der Waals surface area (Å²) in [6.45, 7) is 4.87. The zero-order chi connectivity index (χ0) is 16.2. The Labute approximate surface area is 123 Å². The minimum atomic E-state index is -1.08. The van der Waals surface area contributed by atoms with E-state index < -0.39 is 17.3 Å². The summed E-state index contributed by atoms with van der Waals surface area (Å²) in [4.78, 5) is 24.4. The highest BCUT2D eigenvalue weighted by Gasteiger charge is 2.28. The molecule has 0 spiro atoms. The molecular formula is C15H20FNO4. The Morgan fingerprint density at radius 3 is 2.38 bits per heavy atom. The minimum absolute atomic E-state index is 0.0640. The normalized spacial score (nSPS) is 11.1. The van der Waals surface area contributed by atoms with Crippen molar-refractivity contribution in [1.29, 1.82) is 0 Å². The number of hydrogen-bond acceptors (Lipinski definition) is 3. The van der Waals surface area contributed by atoms with Gasteiger partial charge in [0.2, 0.25) is 5.91 Å². The molecule has 6 heteroatoms. The number of carbonyl (C=O) groups is 2. The van der Waals surface area contributed by atoms with Crippen molar-refractivity contribution in [3.63, 3.8) is 0 Å². The van der Waals surface area contributed by atoms with Gasteiger partial charge in [-0.15, -0.1) is 0 Å². The Hall–Kier alpha value is -2.11. The van der Waals surface area contributed by atoms with Crippen LogP contribution >= 0.6 is 0 Å². The molecule has 5 nitrogen and oxygen atoms in total. The lowest BCUT2D eigenvalue weighted by Gasteiger charge is -2.34. The van der Waals surface area contributed by atoms with E-state index in [1.807, 2.05) is 0 Å². The number of amides is 1. The van der Waals surface area contributed by atoms with Gasteiger partial charge >= 0.3 is 5.97 Å². The zero-order valence-electron chi connectivity index (χ0n) is 12.6. The van der Waals surface area contributed by atoms with Crippen LogP contribution in [0.1, 0.15) is 26.3 Å². The standard InChI is InChI=1S/C15H20FNO4/c1-15(2,3)17(9-14(19)20)13(18)8-10-5-6-12(21-4)11(16)7-10/h5-7H,8-9H2,1-4H3,(H,19,20). The topological polar surface area (TPSA) is 66.8 Å². The summed E-state index contributed by atoms with van der Waals surface area (Å²) in [5.41, 5.74) is -0.154. The third-order valence-electron chi connectivity index (χ3n) is 2.98. The molecule has 1 amide bonds. The van der Waals surface area contributed by atoms with Crippen molar-refractivity contribution in [2.45, 2.75) is 32.7 Å². The number of carboxylic acids is 1. The number of carboxylic acid groups (broad SMARTS) is 1. The number of nitrogens with zero attached hydrogens (tertiary/aromatic N) is 1. The van der Waals surface area contributed by atoms with Gasteiger partial charge < -0.3 is 14.7 Å². The number of hydrogen-bond donors (Lipinski definition) is 1. The first-order valence-electron chi connectivity index (χ1n) is 6.50. The van der Waals surface area contributed by atoms with Gasteiger partial charge in [0.25, 0.3) is 0 Å². The van der Waals surface area contributed by atoms with E-state index in [2.05, 4.69) is 0 Å². The molecule has 1 aromatic rings. The molecule has 0 saturated carbocycles. The number of halogens is 1. The molecule has 0 aliphatic rings. The summed E-state index contributed by atoms with van der Waals surface area (Å²) >= 11 is 0. The highest BCUT2D eigenvalue weighted by molar-refractivity contribution is 5.83. The molecule has 0 fully saturated rings. The fourth-order valence-electron chi connectivity index (χ4n) is 1.92. The molecule has 1 N–H and O–H groups in total. The molecule has 0 heterocycles. The van der Waals surface area contributed by atoms with Gasteiger partial charge in [0.15, 0.2) is 11.6 Å². The van der Waals surface area contributed by atoms with E-state index in [9.17, 15) is 14.0 Å². The molecule has 0 aliphatic carbocycles. The van der Waals surface area contributed by atoms with E-state index in [4.69, 9.17) is 9.84 Å². The van der Waals surface area contributed by atoms with Crippen LogP contribution in [0.3, 0.4) is 0 Å². The van der Waals surface area contributed by atoms with Crippen LogP contribution in [0.5, 0.6) is 5.75 Å². The van der Waals surface area contributed by atoms with Crippen molar-refractivity contribution in [1.82, 2.24) is 4.90 Å². The van der Waals surface area contributed by atoms with Gasteiger partial charge in [0, 0.05) is 5.54 Å². The monoisotopic (exact) mass is 297 g/mol. The Morgan fingerprint density at radius 1 is 1.33 bits per heavy atom. The molecule has 116 valence electrons. The lowest BCUT2D eigenvalue weighted by molar-refractivity contribution is -0.147. The van der Waals surface area contributed by atoms with E-state index in [-0.39, 0.29) is 24.6 Å². The number of aliphatic carboxylic acids is 1. The molecular weight excluding hydrogens is 277 g/mol. The first-order valence-corrected chi connectivity index (χ1v) is 6.50. The predicted molar refractivity (Wildman–Crippen MR) is 75.8 cm³/mol. The Bertz CT molecular complexity index is 537. The fraction of sp³-hybridized carbons (Fsp3) is 0.467. The van der Waals surface area contributed by atoms with Crippen LogP contribution in [0.15, 0.2) is 18.2 Å². The van der Waals surface area contributed by atoms with Crippen molar-refractivity contribution in [3.05, 3.63) is 29.6 Å². The molecule has 0 atom stereocenters. The van der Waals surface area contributed by atoms with Crippen molar-refractivity contribution in [3.8, 4) is 5.75 Å². The molecule has 0 saturated heterocycles. The highest BCUT2D eigenvalue weighted by Crippen LogP contribution is 2.20. The quantitative estimate of drug-likeness (QED) is 0.903. The van der Waals surface area contributed by atoms with Gasteiger partial charge in [-0.2, -0.15) is 0 Å². The molecule has 0 aromatic heterocycles. The van der Waals surface area contributed by atoms with Crippen LogP contribution < -0.4 is 4.74 Å². The number of rotatable bonds is 5. The molecule has 0 aliphatic heterocycles. The number of methoxy groups -OCH3 is 1. The first-order chi connectivity index (χ1) is 9.65. The van der Waals surface area contributed by atoms with Gasteiger partial charge in [0.1, 0.15) is 6.54 Å². The summed E-state index contributed by atoms with van der Waals surface area (Å²) in [6.07, 6.45) is -0.0640. The maximum Gasteiger partial charge on any atom is 0.323 e. The van der Waals surface area contributed by atoms with E-state index in [0.29, 0.717) is 5.56 Å². The minimum Gasteiger partial charge on any atom is -0.494 e. The van der Waals surface area contributed by atoms with Gasteiger partial charge in [0.05, 0.1) is 13.5 Å². The summed E-state index contributed by atoms with van der Waals surface area (Å²) in [5, 5.41) is 8.90. The van der Waals surface area contributed by atoms with E-state index in [1.54, 1.807) is 26.8 Å². The summed E-state index contributed by atoms with van der Waals surface area (Å²) < 4.78 is 18.4. The third kappa shape index (κ3) is 4.73. The Morgan fingerprint density at radius 2 is 1.95 bits per heavy atom. The maximum absolute atomic E-state index is 13.6. The van der Waals surface area contributed by atoms with E-state index in [0.717, 1.165) is 0 Å². The summed E-state index contributed by atoms with van der Waals surface area (Å²) in [7, 11) is 1.36. The van der Waals surface area contributed by atoms with Crippen molar-refractivity contribution in [2.75, 3.05) is 13.7 Å². The van der Waals surface area contributed by atoms with Crippen molar-refractivity contribution < 1.29 is 23.8 Å². The van der Waals surface area contributed by atoms with Crippen LogP contribution in [0.4, 0.5) is 4.39 Å². The zero-order valence-corrected chi connectivity index (χ0v) is 12.6. The summed E-state index contributed by atoms with van der Waals surface area (Å²) in [5.74, 6) is -1.90. The molecule has 21 heavy (non-hydrogen) atoms. The number of carbonyl (C=O) groups excluding carboxylic acids is 1. The summed E-state index contributed by atoms with van der Waals surface area (Å²) in [6, 6.07) is 4.25. The maximum atomic E-state index is 13.6. The molecule has 0 bridgehead atoms. The third-order valence-corrected chi connectivity index (χ3v) is 2.98. The predicted octanol–water partition coefficient (Wildman–Crippen LogP) is 2.09. The second-order valence-corrected chi connectivity index (χ2v) is 5.69. The molecule has 0 unspecified atom stereocenters. The van der Waals surface area contributed by atoms with Gasteiger partial charge in [-0.05, 0) is 38.5 Å². The van der Waals surface area contributed by atoms with Crippen molar-refractivity contribution in [2.24, 2.45) is 0 Å². The average molecular weight is 297 g/mol. The lowest BCUT2D eigenvalue weighted by atomic mass is 10.0. The molecule has 1 aromatic carbocycles. The second kappa shape index (κ2) is 6.56. The fourth-order valence-corrected chi connectivity index (χ4v) is 1.92. The van der Waals surface area contributed by atoms with Crippen LogP contribution in [-0.2, 0) is 16.0 Å². The van der Waals surface area contributed by atoms with Crippen LogP contribution in [-0.4, -0.2) is 41.1 Å². The van der Waals surface area contributed by atoms with Crippen LogP contribution in [0.2, 0.25) is 0 Å². The van der Waals surface area contributed by atoms with Gasteiger partial charge in [-0.1, -0.05) is 6.07 Å². The van der Waals surface area contributed by atoms with Gasteiger partial charge in [-0.25, -0.2) is 4.39 Å². The first kappa shape index (κ1) is 16.9. The highest BCUT2D eigenvalue weighted by atomic mass is 19.1. The average Bonchev–Trinajstić information content (AvgIpc) is 2.34. The number of ether oxygens (including phenoxy) is 1. The Balaban J connectivity index is 2.91. The number of benzene rings is 1. The van der Waals surface area contributed by atoms with Gasteiger partial charge in [-0.3, -0.25) is 9.59 Å². The second-order valence-electron chi connectivity index (χ2n) is 5.69. The smallest absolute Gasteiger partial charge is 0.323 e. The molecule has 1 rings (SSSR count). The SMILES string of the molecule is COc1ccc(CC(=O)N(CC(=O)O)C(C)(C)C)cc1F. The van der Waals surface area contributed by atoms with Crippen LogP contribution in [0, 0.1) is 5.82 Å². The lowest BCUT2D eigenvalue weighted by Crippen LogP contribution is -2.48. The molecule has 0 radical (unpaired) electrons. The van der Waals surface area contributed by atoms with Crippen molar-refractivity contribution >= 4 is 11.9 Å². The van der Waals surface area contributed by atoms with E-state index in [1.165, 1.54) is 24.1 Å². The largest absolute Gasteiger partial charge is 0.494 e. The van der Waals surface area contributed by atoms with Crippen LogP contribution in [0.25, 0.3) is 0 Å².